The smallest absolute Gasteiger partial charge is 0.246 e. The van der Waals surface area contributed by atoms with E-state index in [1.165, 1.54) is 11.0 Å². The van der Waals surface area contributed by atoms with Gasteiger partial charge >= 0.3 is 0 Å². The molecule has 9 heavy (non-hydrogen) atoms. The quantitative estimate of drug-likeness (QED) is 0.348. The van der Waals surface area contributed by atoms with Crippen molar-refractivity contribution in [1.82, 2.24) is 4.90 Å². The summed E-state index contributed by atoms with van der Waals surface area (Å²) in [7, 11) is 1.68. The lowest BCUT2D eigenvalue weighted by atomic mass is 10.5. The minimum Gasteiger partial charge on any atom is -0.331 e. The van der Waals surface area contributed by atoms with Crippen molar-refractivity contribution in [3.05, 3.63) is 12.7 Å². The maximum atomic E-state index is 10.7. The number of hydrogen-bond acceptors (Lipinski definition) is 2. The van der Waals surface area contributed by atoms with E-state index in [2.05, 4.69) is 19.2 Å². The topological polar surface area (TPSA) is 20.3 Å². The van der Waals surface area contributed by atoms with Crippen LogP contribution in [0.4, 0.5) is 0 Å². The fourth-order valence-corrected chi connectivity index (χ4v) is 0.442. The second-order valence-electron chi connectivity index (χ2n) is 1.79. The summed E-state index contributed by atoms with van der Waals surface area (Å²) in [5.74, 6) is -0.0995. The largest absolute Gasteiger partial charge is 0.331 e. The zero-order valence-electron chi connectivity index (χ0n) is 5.66. The van der Waals surface area contributed by atoms with E-state index >= 15 is 0 Å². The van der Waals surface area contributed by atoms with E-state index in [0.717, 1.165) is 0 Å². The van der Waals surface area contributed by atoms with Gasteiger partial charge in [-0.1, -0.05) is 6.58 Å². The molecule has 2 nitrogen and oxygen atoms in total. The van der Waals surface area contributed by atoms with Gasteiger partial charge in [0.2, 0.25) is 5.91 Å². The number of carbonyl (C=O) groups excluding carboxylic acids is 1. The predicted octanol–water partition coefficient (Wildman–Crippen LogP) is 0.907. The SMILES string of the molecule is C=CC(=O)N(C)C(C)S. The molecule has 1 atom stereocenters. The third kappa shape index (κ3) is 2.56. The first-order valence-corrected chi connectivity index (χ1v) is 3.18. The standard InChI is InChI=1S/C6H11NOS/c1-4-6(8)7(3)5(2)9/h4-5,9H,1H2,2-3H3. The van der Waals surface area contributed by atoms with Gasteiger partial charge in [-0.05, 0) is 13.0 Å². The molecule has 0 N–H and O–H groups in total. The summed E-state index contributed by atoms with van der Waals surface area (Å²) in [5, 5.41) is -0.0458. The van der Waals surface area contributed by atoms with E-state index in [1.54, 1.807) is 7.05 Å². The average Bonchev–Trinajstić information content (AvgIpc) is 1.84. The van der Waals surface area contributed by atoms with Crippen molar-refractivity contribution in [3.63, 3.8) is 0 Å². The summed E-state index contributed by atoms with van der Waals surface area (Å²) in [6.45, 7) is 5.16. The van der Waals surface area contributed by atoms with Crippen LogP contribution in [0.3, 0.4) is 0 Å². The van der Waals surface area contributed by atoms with E-state index in [0.29, 0.717) is 0 Å². The van der Waals surface area contributed by atoms with Crippen LogP contribution in [0.5, 0.6) is 0 Å². The highest BCUT2D eigenvalue weighted by atomic mass is 32.1. The number of rotatable bonds is 2. The van der Waals surface area contributed by atoms with Crippen LogP contribution in [0, 0.1) is 0 Å². The molecule has 0 spiro atoms. The Morgan fingerprint density at radius 2 is 2.33 bits per heavy atom. The molecule has 0 aromatic carbocycles. The monoisotopic (exact) mass is 145 g/mol. The number of hydrogen-bond donors (Lipinski definition) is 1. The minimum absolute atomic E-state index is 0.0458. The summed E-state index contributed by atoms with van der Waals surface area (Å²) in [6, 6.07) is 0. The lowest BCUT2D eigenvalue weighted by molar-refractivity contribution is -0.125. The van der Waals surface area contributed by atoms with Crippen LogP contribution < -0.4 is 0 Å². The van der Waals surface area contributed by atoms with Gasteiger partial charge in [-0.25, -0.2) is 0 Å². The number of amides is 1. The molecule has 0 rings (SSSR count). The van der Waals surface area contributed by atoms with Crippen molar-refractivity contribution in [2.24, 2.45) is 0 Å². The van der Waals surface area contributed by atoms with Gasteiger partial charge in [0.05, 0.1) is 5.37 Å². The van der Waals surface area contributed by atoms with Gasteiger partial charge in [0.25, 0.3) is 0 Å². The molecule has 0 saturated heterocycles. The van der Waals surface area contributed by atoms with Crippen molar-refractivity contribution in [2.75, 3.05) is 7.05 Å². The minimum atomic E-state index is -0.0995. The first-order valence-electron chi connectivity index (χ1n) is 2.67. The zero-order chi connectivity index (χ0) is 7.44. The van der Waals surface area contributed by atoms with Crippen LogP contribution in [0.2, 0.25) is 0 Å². The zero-order valence-corrected chi connectivity index (χ0v) is 6.56. The maximum absolute atomic E-state index is 10.7. The van der Waals surface area contributed by atoms with Crippen LogP contribution in [0.25, 0.3) is 0 Å². The summed E-state index contributed by atoms with van der Waals surface area (Å²) < 4.78 is 0. The second kappa shape index (κ2) is 3.56. The summed E-state index contributed by atoms with van der Waals surface area (Å²) in [6.07, 6.45) is 1.27. The van der Waals surface area contributed by atoms with Crippen LogP contribution in [0.1, 0.15) is 6.92 Å². The van der Waals surface area contributed by atoms with Gasteiger partial charge in [-0.3, -0.25) is 4.79 Å². The normalized spacial score (nSPS) is 12.3. The molecule has 1 amide bonds. The highest BCUT2D eigenvalue weighted by molar-refractivity contribution is 7.80. The molecule has 0 aliphatic rings. The van der Waals surface area contributed by atoms with Gasteiger partial charge in [-0.2, -0.15) is 12.6 Å². The molecule has 0 aromatic rings. The molecule has 3 heteroatoms. The van der Waals surface area contributed by atoms with Crippen LogP contribution >= 0.6 is 12.6 Å². The Hall–Kier alpha value is -0.440. The second-order valence-corrected chi connectivity index (χ2v) is 2.53. The third-order valence-corrected chi connectivity index (χ3v) is 1.43. The Morgan fingerprint density at radius 3 is 2.44 bits per heavy atom. The molecule has 0 aliphatic carbocycles. The van der Waals surface area contributed by atoms with Gasteiger partial charge in [-0.15, -0.1) is 0 Å². The molecule has 0 saturated carbocycles. The highest BCUT2D eigenvalue weighted by Crippen LogP contribution is 1.99. The molecule has 0 heterocycles. The highest BCUT2D eigenvalue weighted by Gasteiger charge is 2.06. The molecule has 0 aliphatic heterocycles. The predicted molar refractivity (Wildman–Crippen MR) is 41.4 cm³/mol. The van der Waals surface area contributed by atoms with Gasteiger partial charge < -0.3 is 4.90 Å². The molecule has 1 unspecified atom stereocenters. The van der Waals surface area contributed by atoms with E-state index in [1.807, 2.05) is 6.92 Å². The number of likely N-dealkylation sites (N-methyl/N-ethyl adjacent to an activating group) is 1. The molecule has 0 aromatic heterocycles. The van der Waals surface area contributed by atoms with Crippen LogP contribution in [-0.4, -0.2) is 23.2 Å². The number of carbonyl (C=O) groups is 1. The average molecular weight is 145 g/mol. The van der Waals surface area contributed by atoms with Crippen molar-refractivity contribution in [3.8, 4) is 0 Å². The molecule has 52 valence electrons. The van der Waals surface area contributed by atoms with E-state index in [-0.39, 0.29) is 11.3 Å². The van der Waals surface area contributed by atoms with Gasteiger partial charge in [0.1, 0.15) is 0 Å². The third-order valence-electron chi connectivity index (χ3n) is 1.08. The van der Waals surface area contributed by atoms with Crippen LogP contribution in [0.15, 0.2) is 12.7 Å². The Balaban J connectivity index is 3.87. The number of thiol groups is 1. The van der Waals surface area contributed by atoms with E-state index in [4.69, 9.17) is 0 Å². The van der Waals surface area contributed by atoms with E-state index < -0.39 is 0 Å². The molecule has 0 fully saturated rings. The number of nitrogens with zero attached hydrogens (tertiary/aromatic N) is 1. The summed E-state index contributed by atoms with van der Waals surface area (Å²) in [5.41, 5.74) is 0. The van der Waals surface area contributed by atoms with Gasteiger partial charge in [0.15, 0.2) is 0 Å². The lowest BCUT2D eigenvalue weighted by Gasteiger charge is -2.17. The van der Waals surface area contributed by atoms with Crippen molar-refractivity contribution >= 4 is 18.5 Å². The summed E-state index contributed by atoms with van der Waals surface area (Å²) in [4.78, 5) is 12.2. The van der Waals surface area contributed by atoms with Crippen molar-refractivity contribution in [2.45, 2.75) is 12.3 Å². The first-order chi connectivity index (χ1) is 4.09. The van der Waals surface area contributed by atoms with Crippen molar-refractivity contribution < 1.29 is 4.79 Å². The Kier molecular flexibility index (Phi) is 3.39. The fraction of sp³-hybridized carbons (Fsp3) is 0.500. The lowest BCUT2D eigenvalue weighted by Crippen LogP contribution is -2.29. The molecule has 0 radical (unpaired) electrons. The summed E-state index contributed by atoms with van der Waals surface area (Å²) >= 11 is 4.04. The van der Waals surface area contributed by atoms with Crippen LogP contribution in [-0.2, 0) is 4.79 Å². The van der Waals surface area contributed by atoms with Crippen molar-refractivity contribution in [1.29, 1.82) is 0 Å². The van der Waals surface area contributed by atoms with Gasteiger partial charge in [0, 0.05) is 7.05 Å². The fourth-order valence-electron chi connectivity index (χ4n) is 0.328. The Morgan fingerprint density at radius 1 is 1.89 bits per heavy atom. The maximum Gasteiger partial charge on any atom is 0.246 e. The molecular weight excluding hydrogens is 134 g/mol. The molecule has 0 bridgehead atoms. The Labute approximate surface area is 61.0 Å². The van der Waals surface area contributed by atoms with E-state index in [9.17, 15) is 4.79 Å². The Bertz CT molecular complexity index is 122. The molecular formula is C6H11NOS. The first kappa shape index (κ1) is 8.56.